The number of aromatic nitrogens is 2. The number of nitrogens with zero attached hydrogens (tertiary/aromatic N) is 3. The maximum Gasteiger partial charge on any atom is 0.358 e. The van der Waals surface area contributed by atoms with Crippen LogP contribution in [0.1, 0.15) is 76.7 Å². The molecular weight excluding hydrogens is 713 g/mol. The maximum absolute atomic E-state index is 13.9. The van der Waals surface area contributed by atoms with Crippen LogP contribution in [0.3, 0.4) is 0 Å². The molecule has 11 heteroatoms. The minimum atomic E-state index is -0.801. The Morgan fingerprint density at radius 1 is 0.891 bits per heavy atom. The molecule has 1 aliphatic rings. The number of thiazole rings is 1. The molecule has 0 bridgehead atoms. The second-order valence-corrected chi connectivity index (χ2v) is 15.6. The number of aliphatic carboxylic acids is 1. The Balaban J connectivity index is 1.16. The van der Waals surface area contributed by atoms with E-state index in [0.29, 0.717) is 65.9 Å². The van der Waals surface area contributed by atoms with Crippen molar-refractivity contribution in [2.75, 3.05) is 16.8 Å². The lowest BCUT2D eigenvalue weighted by molar-refractivity contribution is -0.137. The highest BCUT2D eigenvalue weighted by molar-refractivity contribution is 7.22. The van der Waals surface area contributed by atoms with Gasteiger partial charge in [0, 0.05) is 30.6 Å². The smallest absolute Gasteiger partial charge is 0.358 e. The molecule has 2 N–H and O–H groups in total. The summed E-state index contributed by atoms with van der Waals surface area (Å²) in [5, 5.41) is 12.5. The molecule has 55 heavy (non-hydrogen) atoms. The number of rotatable bonds is 11. The van der Waals surface area contributed by atoms with Crippen molar-refractivity contribution in [3.8, 4) is 22.6 Å². The molecule has 3 heterocycles. The fourth-order valence-electron chi connectivity index (χ4n) is 6.72. The van der Waals surface area contributed by atoms with E-state index < -0.39 is 17.5 Å². The summed E-state index contributed by atoms with van der Waals surface area (Å²) < 4.78 is 13.2. The number of esters is 1. The third-order valence-corrected chi connectivity index (χ3v) is 10.4. The zero-order chi connectivity index (χ0) is 38.7. The van der Waals surface area contributed by atoms with E-state index in [-0.39, 0.29) is 18.0 Å². The Hall–Kier alpha value is -6.07. The Labute approximate surface area is 323 Å². The zero-order valence-electron chi connectivity index (χ0n) is 31.2. The Morgan fingerprint density at radius 2 is 1.67 bits per heavy atom. The first kappa shape index (κ1) is 37.3. The molecule has 0 saturated carbocycles. The summed E-state index contributed by atoms with van der Waals surface area (Å²) >= 11 is 1.44. The number of carbonyl (C=O) groups excluding carboxylic acids is 2. The number of anilines is 2. The van der Waals surface area contributed by atoms with Gasteiger partial charge >= 0.3 is 11.9 Å². The topological polar surface area (TPSA) is 131 Å². The summed E-state index contributed by atoms with van der Waals surface area (Å²) in [5.41, 5.74) is 6.10. The number of ether oxygens (including phenoxy) is 2. The number of hydrogen-bond donors (Lipinski definition) is 2. The number of hydrogen-bond acceptors (Lipinski definition) is 9. The molecule has 0 atom stereocenters. The van der Waals surface area contributed by atoms with Crippen LogP contribution >= 0.6 is 11.3 Å². The predicted octanol–water partition coefficient (Wildman–Crippen LogP) is 9.64. The van der Waals surface area contributed by atoms with Crippen molar-refractivity contribution in [2.24, 2.45) is 0 Å². The van der Waals surface area contributed by atoms with Gasteiger partial charge in [-0.25, -0.2) is 14.8 Å². The number of carbonyl (C=O) groups is 3. The van der Waals surface area contributed by atoms with Crippen LogP contribution in [0.15, 0.2) is 97.1 Å². The lowest BCUT2D eigenvalue weighted by Crippen LogP contribution is -2.33. The van der Waals surface area contributed by atoms with Crippen LogP contribution in [0.2, 0.25) is 0 Å². The number of pyridine rings is 1. The maximum atomic E-state index is 13.9. The molecule has 0 radical (unpaired) electrons. The molecule has 0 aliphatic carbocycles. The molecule has 10 nitrogen and oxygen atoms in total. The molecule has 0 fully saturated rings. The zero-order valence-corrected chi connectivity index (χ0v) is 32.0. The van der Waals surface area contributed by atoms with Gasteiger partial charge in [0.05, 0.1) is 10.2 Å². The van der Waals surface area contributed by atoms with Crippen molar-refractivity contribution in [3.05, 3.63) is 131 Å². The van der Waals surface area contributed by atoms with Crippen molar-refractivity contribution in [1.29, 1.82) is 0 Å². The molecule has 0 saturated heterocycles. The van der Waals surface area contributed by atoms with Gasteiger partial charge in [0.1, 0.15) is 22.9 Å². The van der Waals surface area contributed by atoms with Gasteiger partial charge in [-0.3, -0.25) is 14.9 Å². The summed E-state index contributed by atoms with van der Waals surface area (Å²) in [6, 6.07) is 30.7. The Bertz CT molecular complexity index is 2370. The lowest BCUT2D eigenvalue weighted by atomic mass is 9.94. The van der Waals surface area contributed by atoms with E-state index in [9.17, 15) is 14.4 Å². The van der Waals surface area contributed by atoms with E-state index in [1.54, 1.807) is 0 Å². The monoisotopic (exact) mass is 754 g/mol. The summed E-state index contributed by atoms with van der Waals surface area (Å²) in [7, 11) is 0. The molecule has 7 rings (SSSR count). The first-order valence-corrected chi connectivity index (χ1v) is 19.1. The minimum Gasteiger partial charge on any atom is -0.481 e. The highest BCUT2D eigenvalue weighted by atomic mass is 32.1. The number of benzene rings is 4. The summed E-state index contributed by atoms with van der Waals surface area (Å²) in [5.74, 6) is 0.303. The molecule has 6 aromatic rings. The van der Waals surface area contributed by atoms with Gasteiger partial charge in [0.15, 0.2) is 10.8 Å². The molecule has 1 aliphatic heterocycles. The fourth-order valence-corrected chi connectivity index (χ4v) is 7.58. The van der Waals surface area contributed by atoms with Crippen LogP contribution in [-0.4, -0.2) is 45.1 Å². The van der Waals surface area contributed by atoms with Gasteiger partial charge in [-0.1, -0.05) is 59.9 Å². The normalized spacial score (nSPS) is 12.6. The van der Waals surface area contributed by atoms with Gasteiger partial charge in [-0.2, -0.15) is 0 Å². The van der Waals surface area contributed by atoms with E-state index in [1.807, 2.05) is 119 Å². The number of fused-ring (bicyclic) bond motifs is 2. The first-order valence-electron chi connectivity index (χ1n) is 18.3. The van der Waals surface area contributed by atoms with Crippen molar-refractivity contribution in [1.82, 2.24) is 9.97 Å². The summed E-state index contributed by atoms with van der Waals surface area (Å²) in [4.78, 5) is 50.1. The second kappa shape index (κ2) is 15.7. The highest BCUT2D eigenvalue weighted by Crippen LogP contribution is 2.37. The molecule has 4 aromatic carbocycles. The Kier molecular flexibility index (Phi) is 10.7. The number of aryl methyl sites for hydroxylation is 1. The van der Waals surface area contributed by atoms with Gasteiger partial charge < -0.3 is 19.5 Å². The Morgan fingerprint density at radius 3 is 2.44 bits per heavy atom. The van der Waals surface area contributed by atoms with E-state index in [1.165, 1.54) is 11.3 Å². The average molecular weight is 755 g/mol. The number of carboxylic acids is 1. The van der Waals surface area contributed by atoms with Crippen LogP contribution < -0.4 is 15.0 Å². The van der Waals surface area contributed by atoms with Crippen molar-refractivity contribution in [3.63, 3.8) is 0 Å². The van der Waals surface area contributed by atoms with Crippen LogP contribution in [0.25, 0.3) is 21.3 Å². The van der Waals surface area contributed by atoms with Crippen molar-refractivity contribution < 1.29 is 29.0 Å². The fraction of sp³-hybridized carbons (Fsp3) is 0.250. The first-order chi connectivity index (χ1) is 26.4. The number of amides is 1. The van der Waals surface area contributed by atoms with E-state index in [2.05, 4.69) is 21.3 Å². The van der Waals surface area contributed by atoms with Crippen LogP contribution in [0.4, 0.5) is 10.9 Å². The van der Waals surface area contributed by atoms with Crippen LogP contribution in [0, 0.1) is 6.92 Å². The van der Waals surface area contributed by atoms with Gasteiger partial charge in [0.2, 0.25) is 0 Å². The third-order valence-electron chi connectivity index (χ3n) is 9.41. The molecule has 2 aromatic heterocycles. The molecule has 0 unspecified atom stereocenters. The number of para-hydroxylation sites is 1. The van der Waals surface area contributed by atoms with Gasteiger partial charge in [-0.05, 0) is 123 Å². The molecule has 0 spiro atoms. The SMILES string of the molecule is Cc1c(Oc2ccc(CCCC(=O)O)cc2)cccc1-c1ccc(N2CCc3cccc(C(=O)Nc4nc5ccccc5s4)c3C2)nc1C(=O)OC(C)(C)C. The van der Waals surface area contributed by atoms with E-state index >= 15 is 0 Å². The third kappa shape index (κ3) is 8.68. The number of nitrogens with one attached hydrogen (secondary N) is 1. The predicted molar refractivity (Wildman–Crippen MR) is 215 cm³/mol. The molecule has 1 amide bonds. The van der Waals surface area contributed by atoms with Crippen molar-refractivity contribution >= 4 is 50.3 Å². The van der Waals surface area contributed by atoms with Crippen molar-refractivity contribution in [2.45, 2.75) is 65.5 Å². The van der Waals surface area contributed by atoms with Gasteiger partial charge in [-0.15, -0.1) is 0 Å². The van der Waals surface area contributed by atoms with Crippen LogP contribution in [0.5, 0.6) is 11.5 Å². The number of carboxylic acid groups (broad SMARTS) is 1. The van der Waals surface area contributed by atoms with E-state index in [0.717, 1.165) is 38.0 Å². The summed E-state index contributed by atoms with van der Waals surface area (Å²) in [6.07, 6.45) is 2.07. The highest BCUT2D eigenvalue weighted by Gasteiger charge is 2.28. The standard InChI is InChI=1S/C44H42N4O6S/c1-27-31(12-9-15-36(27)53-30-20-18-28(19-21-30)10-7-17-39(49)50)32-22-23-38(46-40(32)42(52)54-44(2,3)4)48-25-24-29-11-8-13-33(34(29)26-48)41(51)47-43-45-35-14-5-6-16-37(35)55-43/h5-6,8-9,11-16,18-23H,7,10,17,24-26H2,1-4H3,(H,49,50)(H,45,47,51). The minimum absolute atomic E-state index is 0.128. The van der Waals surface area contributed by atoms with E-state index in [4.69, 9.17) is 19.6 Å². The van der Waals surface area contributed by atoms with Crippen LogP contribution in [-0.2, 0) is 28.9 Å². The van der Waals surface area contributed by atoms with Gasteiger partial charge in [0.25, 0.3) is 5.91 Å². The average Bonchev–Trinajstić information content (AvgIpc) is 3.57. The second-order valence-electron chi connectivity index (χ2n) is 14.5. The lowest BCUT2D eigenvalue weighted by Gasteiger charge is -2.31. The molecule has 280 valence electrons. The largest absolute Gasteiger partial charge is 0.481 e. The quantitative estimate of drug-likeness (QED) is 0.124. The summed E-state index contributed by atoms with van der Waals surface area (Å²) in [6.45, 7) is 8.51. The molecular formula is C44H42N4O6S.